The van der Waals surface area contributed by atoms with Gasteiger partial charge in [0.05, 0.1) is 5.71 Å². The Morgan fingerprint density at radius 3 is 2.54 bits per heavy atom. The minimum Gasteiger partial charge on any atom is -0.391 e. The van der Waals surface area contributed by atoms with Crippen molar-refractivity contribution < 1.29 is 14.4 Å². The molecule has 2 aromatic carbocycles. The van der Waals surface area contributed by atoms with Gasteiger partial charge in [0.2, 0.25) is 0 Å². The molecule has 5 heteroatoms. The Bertz CT molecular complexity index is 800. The van der Waals surface area contributed by atoms with E-state index in [1.54, 1.807) is 7.05 Å². The molecule has 138 valence electrons. The third-order valence-corrected chi connectivity index (χ3v) is 4.40. The van der Waals surface area contributed by atoms with Crippen molar-refractivity contribution in [1.29, 1.82) is 0 Å². The minimum absolute atomic E-state index is 0.199. The van der Waals surface area contributed by atoms with E-state index in [9.17, 15) is 4.79 Å². The van der Waals surface area contributed by atoms with E-state index in [0.29, 0.717) is 0 Å². The van der Waals surface area contributed by atoms with E-state index in [1.165, 1.54) is 18.2 Å². The zero-order chi connectivity index (χ0) is 19.1. The molecule has 0 aliphatic carbocycles. The number of methoxy groups -OCH3 is 1. The molecule has 0 aliphatic heterocycles. The highest BCUT2D eigenvalue weighted by molar-refractivity contribution is 5.98. The normalized spacial score (nSPS) is 12.6. The molecular formula is C21H26N2O3. The quantitative estimate of drug-likeness (QED) is 0.609. The molecule has 0 fully saturated rings. The molecule has 0 saturated heterocycles. The van der Waals surface area contributed by atoms with Gasteiger partial charge in [-0.2, -0.15) is 0 Å². The summed E-state index contributed by atoms with van der Waals surface area (Å²) in [4.78, 5) is 17.6. The van der Waals surface area contributed by atoms with E-state index in [2.05, 4.69) is 36.5 Å². The summed E-state index contributed by atoms with van der Waals surface area (Å²) in [5.74, 6) is -0.199. The van der Waals surface area contributed by atoms with Crippen LogP contribution in [0.4, 0.5) is 0 Å². The number of oxime groups is 1. The molecule has 0 saturated carbocycles. The van der Waals surface area contributed by atoms with E-state index in [1.807, 2.05) is 37.3 Å². The van der Waals surface area contributed by atoms with Crippen molar-refractivity contribution in [2.24, 2.45) is 5.16 Å². The van der Waals surface area contributed by atoms with Gasteiger partial charge in [-0.3, -0.25) is 4.79 Å². The molecule has 0 aliphatic rings. The summed E-state index contributed by atoms with van der Waals surface area (Å²) in [7, 11) is 3.10. The van der Waals surface area contributed by atoms with Crippen LogP contribution in [0.3, 0.4) is 0 Å². The van der Waals surface area contributed by atoms with Crippen molar-refractivity contribution >= 4 is 11.6 Å². The van der Waals surface area contributed by atoms with E-state index < -0.39 is 6.10 Å². The summed E-state index contributed by atoms with van der Waals surface area (Å²) in [5.41, 5.74) is 5.93. The minimum atomic E-state index is -0.676. The lowest BCUT2D eigenvalue weighted by Crippen LogP contribution is -2.27. The van der Waals surface area contributed by atoms with Crippen LogP contribution in [0.5, 0.6) is 0 Å². The second kappa shape index (κ2) is 9.15. The predicted molar refractivity (Wildman–Crippen MR) is 103 cm³/mol. The van der Waals surface area contributed by atoms with Crippen LogP contribution >= 0.6 is 0 Å². The number of aryl methyl sites for hydroxylation is 2. The molecule has 0 spiro atoms. The molecular weight excluding hydrogens is 328 g/mol. The second-order valence-electron chi connectivity index (χ2n) is 6.18. The van der Waals surface area contributed by atoms with E-state index >= 15 is 0 Å². The average molecular weight is 354 g/mol. The number of carbonyl (C=O) groups is 1. The molecule has 0 aromatic heterocycles. The zero-order valence-corrected chi connectivity index (χ0v) is 16.0. The summed E-state index contributed by atoms with van der Waals surface area (Å²) < 4.78 is 5.35. The Kier molecular flexibility index (Phi) is 6.92. The number of amides is 1. The largest absolute Gasteiger partial charge is 0.391 e. The number of hydrogen-bond acceptors (Lipinski definition) is 4. The molecule has 26 heavy (non-hydrogen) atoms. The number of carbonyl (C=O) groups excluding carboxylic acids is 1. The Hall–Kier alpha value is -2.66. The number of hydrogen-bond donors (Lipinski definition) is 1. The molecule has 2 rings (SSSR count). The summed E-state index contributed by atoms with van der Waals surface area (Å²) in [5, 5.41) is 6.84. The number of benzene rings is 2. The number of likely N-dealkylation sites (N-methyl/N-ethyl adjacent to an activating group) is 1. The van der Waals surface area contributed by atoms with Gasteiger partial charge in [0.1, 0.15) is 6.61 Å². The first-order chi connectivity index (χ1) is 12.5. The van der Waals surface area contributed by atoms with Crippen molar-refractivity contribution in [2.75, 3.05) is 14.2 Å². The fourth-order valence-corrected chi connectivity index (χ4v) is 2.65. The third kappa shape index (κ3) is 4.70. The van der Waals surface area contributed by atoms with Crippen molar-refractivity contribution in [2.45, 2.75) is 33.5 Å². The molecule has 0 radical (unpaired) electrons. The van der Waals surface area contributed by atoms with Gasteiger partial charge in [0, 0.05) is 14.2 Å². The van der Waals surface area contributed by atoms with Gasteiger partial charge in [-0.25, -0.2) is 0 Å². The van der Waals surface area contributed by atoms with Gasteiger partial charge in [-0.1, -0.05) is 41.6 Å². The Morgan fingerprint density at radius 2 is 1.88 bits per heavy atom. The highest BCUT2D eigenvalue weighted by Gasteiger charge is 2.21. The lowest BCUT2D eigenvalue weighted by molar-refractivity contribution is -0.130. The summed E-state index contributed by atoms with van der Waals surface area (Å²) in [6.07, 6.45) is -0.676. The van der Waals surface area contributed by atoms with Crippen LogP contribution in [0.2, 0.25) is 0 Å². The number of rotatable bonds is 7. The maximum Gasteiger partial charge on any atom is 0.253 e. The van der Waals surface area contributed by atoms with Crippen LogP contribution in [0, 0.1) is 13.8 Å². The van der Waals surface area contributed by atoms with Gasteiger partial charge in [-0.05, 0) is 54.7 Å². The van der Waals surface area contributed by atoms with Crippen LogP contribution in [0.15, 0.2) is 47.6 Å². The molecule has 1 N–H and O–H groups in total. The summed E-state index contributed by atoms with van der Waals surface area (Å²) in [6.45, 7) is 6.33. The highest BCUT2D eigenvalue weighted by atomic mass is 16.6. The maximum atomic E-state index is 12.0. The highest BCUT2D eigenvalue weighted by Crippen LogP contribution is 2.22. The standard InChI is InChI=1S/C21H26N2O3/c1-14-10-11-17(12-15(14)2)16(3)23-26-13-18-8-6-7-9-19(18)20(25-5)21(24)22-4/h6-12,20H,13H2,1-5H3,(H,22,24)/b23-16+. The maximum absolute atomic E-state index is 12.0. The first kappa shape index (κ1) is 19.7. The summed E-state index contributed by atoms with van der Waals surface area (Å²) in [6, 6.07) is 13.7. The van der Waals surface area contributed by atoms with Crippen LogP contribution in [-0.4, -0.2) is 25.8 Å². The molecule has 1 amide bonds. The van der Waals surface area contributed by atoms with Gasteiger partial charge < -0.3 is 14.9 Å². The average Bonchev–Trinajstić information content (AvgIpc) is 2.65. The Morgan fingerprint density at radius 1 is 1.15 bits per heavy atom. The molecule has 1 atom stereocenters. The van der Waals surface area contributed by atoms with E-state index in [0.717, 1.165) is 22.4 Å². The molecule has 0 heterocycles. The smallest absolute Gasteiger partial charge is 0.253 e. The zero-order valence-electron chi connectivity index (χ0n) is 16.0. The van der Waals surface area contributed by atoms with Crippen molar-refractivity contribution in [3.8, 4) is 0 Å². The fraction of sp³-hybridized carbons (Fsp3) is 0.333. The van der Waals surface area contributed by atoms with Gasteiger partial charge in [0.25, 0.3) is 5.91 Å². The van der Waals surface area contributed by atoms with Gasteiger partial charge in [-0.15, -0.1) is 0 Å². The van der Waals surface area contributed by atoms with Crippen LogP contribution in [0.1, 0.15) is 40.8 Å². The van der Waals surface area contributed by atoms with Crippen molar-refractivity contribution in [3.05, 3.63) is 70.3 Å². The first-order valence-electron chi connectivity index (χ1n) is 8.54. The van der Waals surface area contributed by atoms with Crippen molar-refractivity contribution in [3.63, 3.8) is 0 Å². The SMILES string of the molecule is CNC(=O)C(OC)c1ccccc1CO/N=C(\C)c1ccc(C)c(C)c1. The monoisotopic (exact) mass is 354 g/mol. The Balaban J connectivity index is 2.14. The topological polar surface area (TPSA) is 59.9 Å². The third-order valence-electron chi connectivity index (χ3n) is 4.40. The van der Waals surface area contributed by atoms with E-state index in [4.69, 9.17) is 9.57 Å². The van der Waals surface area contributed by atoms with E-state index in [-0.39, 0.29) is 12.5 Å². The number of ether oxygens (including phenoxy) is 1. The van der Waals surface area contributed by atoms with Crippen LogP contribution in [0.25, 0.3) is 0 Å². The molecule has 0 bridgehead atoms. The fourth-order valence-electron chi connectivity index (χ4n) is 2.65. The number of nitrogens with one attached hydrogen (secondary N) is 1. The van der Waals surface area contributed by atoms with Gasteiger partial charge >= 0.3 is 0 Å². The number of nitrogens with zero attached hydrogens (tertiary/aromatic N) is 1. The molecule has 1 unspecified atom stereocenters. The summed E-state index contributed by atoms with van der Waals surface area (Å²) >= 11 is 0. The van der Waals surface area contributed by atoms with Gasteiger partial charge in [0.15, 0.2) is 6.10 Å². The van der Waals surface area contributed by atoms with Crippen LogP contribution < -0.4 is 5.32 Å². The first-order valence-corrected chi connectivity index (χ1v) is 8.54. The lowest BCUT2D eigenvalue weighted by Gasteiger charge is -2.17. The molecule has 5 nitrogen and oxygen atoms in total. The van der Waals surface area contributed by atoms with Crippen LogP contribution in [-0.2, 0) is 21.0 Å². The predicted octanol–water partition coefficient (Wildman–Crippen LogP) is 3.68. The second-order valence-corrected chi connectivity index (χ2v) is 6.18. The lowest BCUT2D eigenvalue weighted by atomic mass is 10.0. The molecule has 2 aromatic rings. The Labute approximate surface area is 155 Å². The van der Waals surface area contributed by atoms with Crippen molar-refractivity contribution in [1.82, 2.24) is 5.32 Å².